The molecule has 2 saturated carbocycles. The van der Waals surface area contributed by atoms with Gasteiger partial charge in [0.25, 0.3) is 0 Å². The van der Waals surface area contributed by atoms with E-state index in [0.717, 1.165) is 30.2 Å². The number of rotatable bonds is 4. The van der Waals surface area contributed by atoms with Crippen LogP contribution in [0.2, 0.25) is 0 Å². The maximum Gasteiger partial charge on any atom is 0.226 e. The van der Waals surface area contributed by atoms with Crippen LogP contribution in [0.1, 0.15) is 43.4 Å². The highest BCUT2D eigenvalue weighted by Gasteiger charge is 2.65. The lowest BCUT2D eigenvalue weighted by molar-refractivity contribution is -0.125. The van der Waals surface area contributed by atoms with Crippen molar-refractivity contribution in [3.63, 3.8) is 0 Å². The summed E-state index contributed by atoms with van der Waals surface area (Å²) in [4.78, 5) is 9.09. The third-order valence-electron chi connectivity index (χ3n) is 7.09. The van der Waals surface area contributed by atoms with Crippen LogP contribution < -0.4 is 10.6 Å². The number of ether oxygens (including phenoxy) is 1. The fraction of sp³-hybridized carbons (Fsp3) is 0.565. The Hall–Kier alpha value is -2.34. The predicted octanol–water partition coefficient (Wildman–Crippen LogP) is 3.66. The maximum absolute atomic E-state index is 6.09. The molecule has 2 heterocycles. The van der Waals surface area contributed by atoms with Crippen LogP contribution in [0.5, 0.6) is 0 Å². The Morgan fingerprint density at radius 1 is 1.24 bits per heavy atom. The van der Waals surface area contributed by atoms with Crippen LogP contribution >= 0.6 is 0 Å². The minimum Gasteiger partial charge on any atom is -0.444 e. The van der Waals surface area contributed by atoms with Crippen LogP contribution in [0, 0.1) is 18.3 Å². The number of benzene rings is 1. The van der Waals surface area contributed by atoms with Gasteiger partial charge in [0.2, 0.25) is 5.89 Å². The first-order chi connectivity index (χ1) is 14.2. The number of nitrogens with zero attached hydrogens (tertiary/aromatic N) is 2. The van der Waals surface area contributed by atoms with Gasteiger partial charge in [-0.25, -0.2) is 4.98 Å². The molecule has 2 N–H and O–H groups in total. The van der Waals surface area contributed by atoms with Gasteiger partial charge < -0.3 is 19.8 Å². The van der Waals surface area contributed by atoms with E-state index in [-0.39, 0.29) is 0 Å². The molecule has 154 valence electrons. The highest BCUT2D eigenvalue weighted by Crippen LogP contribution is 2.60. The first-order valence-electron chi connectivity index (χ1n) is 10.8. The van der Waals surface area contributed by atoms with E-state index in [0.29, 0.717) is 35.9 Å². The van der Waals surface area contributed by atoms with Crippen LogP contribution in [0.4, 0.5) is 0 Å². The third-order valence-corrected chi connectivity index (χ3v) is 7.09. The molecule has 6 nitrogen and oxygen atoms in total. The molecule has 1 saturated heterocycles. The molecule has 29 heavy (non-hydrogen) atoms. The smallest absolute Gasteiger partial charge is 0.226 e. The molecule has 0 amide bonds. The Labute approximate surface area is 172 Å². The van der Waals surface area contributed by atoms with Crippen molar-refractivity contribution in [3.8, 4) is 11.5 Å². The van der Waals surface area contributed by atoms with Gasteiger partial charge >= 0.3 is 0 Å². The summed E-state index contributed by atoms with van der Waals surface area (Å²) in [7, 11) is 1.83. The fourth-order valence-corrected chi connectivity index (χ4v) is 5.64. The zero-order chi connectivity index (χ0) is 19.8. The number of hydrogen-bond acceptors (Lipinski definition) is 4. The Morgan fingerprint density at radius 2 is 2.03 bits per heavy atom. The Kier molecular flexibility index (Phi) is 4.82. The lowest BCUT2D eigenvalue weighted by Crippen LogP contribution is -2.69. The van der Waals surface area contributed by atoms with Crippen molar-refractivity contribution in [2.24, 2.45) is 16.3 Å². The average Bonchev–Trinajstić information content (AvgIpc) is 3.48. The van der Waals surface area contributed by atoms with Crippen molar-refractivity contribution >= 4 is 5.96 Å². The van der Waals surface area contributed by atoms with Crippen LogP contribution in [0.15, 0.2) is 39.9 Å². The highest BCUT2D eigenvalue weighted by molar-refractivity contribution is 5.80. The summed E-state index contributed by atoms with van der Waals surface area (Å²) in [6, 6.07) is 8.68. The van der Waals surface area contributed by atoms with Crippen LogP contribution in [-0.4, -0.2) is 36.7 Å². The van der Waals surface area contributed by atoms with Gasteiger partial charge in [-0.2, -0.15) is 0 Å². The third kappa shape index (κ3) is 3.23. The zero-order valence-corrected chi connectivity index (χ0v) is 17.3. The molecule has 3 atom stereocenters. The van der Waals surface area contributed by atoms with E-state index >= 15 is 0 Å². The summed E-state index contributed by atoms with van der Waals surface area (Å²) in [5.41, 5.74) is 3.40. The summed E-state index contributed by atoms with van der Waals surface area (Å²) in [6.45, 7) is 3.56. The van der Waals surface area contributed by atoms with Crippen LogP contribution in [0.3, 0.4) is 0 Å². The molecule has 1 spiro atoms. The molecule has 1 aromatic carbocycles. The summed E-state index contributed by atoms with van der Waals surface area (Å²) in [5, 5.41) is 7.14. The topological polar surface area (TPSA) is 71.7 Å². The van der Waals surface area contributed by atoms with E-state index in [9.17, 15) is 0 Å². The molecule has 3 fully saturated rings. The van der Waals surface area contributed by atoms with Gasteiger partial charge in [-0.3, -0.25) is 4.99 Å². The van der Waals surface area contributed by atoms with E-state index in [1.165, 1.54) is 31.2 Å². The Morgan fingerprint density at radius 3 is 2.79 bits per heavy atom. The molecule has 1 aliphatic heterocycles. The molecule has 3 aliphatic rings. The van der Waals surface area contributed by atoms with Crippen molar-refractivity contribution in [2.45, 2.75) is 57.7 Å². The first-order valence-corrected chi connectivity index (χ1v) is 10.8. The summed E-state index contributed by atoms with van der Waals surface area (Å²) < 4.78 is 11.8. The molecule has 1 aromatic heterocycles. The number of hydrogen-bond donors (Lipinski definition) is 2. The number of oxazole rings is 1. The van der Waals surface area contributed by atoms with Gasteiger partial charge in [0.15, 0.2) is 5.96 Å². The number of nitrogens with one attached hydrogen (secondary N) is 2. The fourth-order valence-electron chi connectivity index (χ4n) is 5.64. The number of aryl methyl sites for hydroxylation is 1. The predicted molar refractivity (Wildman–Crippen MR) is 113 cm³/mol. The minimum atomic E-state index is 0.311. The maximum atomic E-state index is 6.09. The van der Waals surface area contributed by atoms with Crippen molar-refractivity contribution in [2.75, 3.05) is 13.7 Å². The van der Waals surface area contributed by atoms with E-state index in [1.54, 1.807) is 6.26 Å². The number of aromatic nitrogens is 1. The van der Waals surface area contributed by atoms with E-state index < -0.39 is 0 Å². The van der Waals surface area contributed by atoms with Crippen molar-refractivity contribution < 1.29 is 9.15 Å². The average molecular weight is 395 g/mol. The standard InChI is InChI=1S/C23H30N4O2/c1-15-5-7-16(8-6-15)21-26-17(14-29-21)13-25-22(24-2)27-19-18-9-12-28-20(18)23(19)10-3-4-11-23/h5-8,14,18-20H,3-4,9-13H2,1-2H3,(H2,24,25,27). The van der Waals surface area contributed by atoms with Crippen LogP contribution in [-0.2, 0) is 11.3 Å². The van der Waals surface area contributed by atoms with Crippen LogP contribution in [0.25, 0.3) is 11.5 Å². The quantitative estimate of drug-likeness (QED) is 0.612. The number of guanidine groups is 1. The number of fused-ring (bicyclic) bond motifs is 2. The molecular formula is C23H30N4O2. The number of aliphatic imine (C=N–C) groups is 1. The second-order valence-electron chi connectivity index (χ2n) is 8.74. The lowest BCUT2D eigenvalue weighted by Gasteiger charge is -2.57. The van der Waals surface area contributed by atoms with Gasteiger partial charge in [-0.05, 0) is 38.3 Å². The molecule has 2 aliphatic carbocycles. The molecule has 5 rings (SSSR count). The first kappa shape index (κ1) is 18.7. The summed E-state index contributed by atoms with van der Waals surface area (Å²) >= 11 is 0. The minimum absolute atomic E-state index is 0.311. The van der Waals surface area contributed by atoms with Gasteiger partial charge in [-0.1, -0.05) is 30.5 Å². The molecule has 2 aromatic rings. The zero-order valence-electron chi connectivity index (χ0n) is 17.3. The molecule has 3 unspecified atom stereocenters. The highest BCUT2D eigenvalue weighted by atomic mass is 16.5. The van der Waals surface area contributed by atoms with Crippen molar-refractivity contribution in [3.05, 3.63) is 41.8 Å². The van der Waals surface area contributed by atoms with Gasteiger partial charge in [0.05, 0.1) is 18.3 Å². The second kappa shape index (κ2) is 7.48. The SMILES string of the molecule is CN=C(NCc1coc(-c2ccc(C)cc2)n1)NC1C2CCOC2C12CCCC2. The van der Waals surface area contributed by atoms with Crippen molar-refractivity contribution in [1.82, 2.24) is 15.6 Å². The van der Waals surface area contributed by atoms with Gasteiger partial charge in [0.1, 0.15) is 6.26 Å². The van der Waals surface area contributed by atoms with E-state index in [1.807, 2.05) is 19.2 Å². The van der Waals surface area contributed by atoms with Gasteiger partial charge in [0, 0.05) is 36.6 Å². The largest absolute Gasteiger partial charge is 0.444 e. The van der Waals surface area contributed by atoms with Gasteiger partial charge in [-0.15, -0.1) is 0 Å². The van der Waals surface area contributed by atoms with Crippen molar-refractivity contribution in [1.29, 1.82) is 0 Å². The molecule has 0 bridgehead atoms. The Bertz CT molecular complexity index is 883. The molecule has 6 heteroatoms. The molecular weight excluding hydrogens is 364 g/mol. The summed E-state index contributed by atoms with van der Waals surface area (Å²) in [5.74, 6) is 2.11. The molecule has 0 radical (unpaired) electrons. The second-order valence-corrected chi connectivity index (χ2v) is 8.74. The normalized spacial score (nSPS) is 27.7. The summed E-state index contributed by atoms with van der Waals surface area (Å²) in [6.07, 6.45) is 8.50. The monoisotopic (exact) mass is 394 g/mol. The van der Waals surface area contributed by atoms with E-state index in [2.05, 4.69) is 39.7 Å². The Balaban J connectivity index is 1.22. The lowest BCUT2D eigenvalue weighted by atomic mass is 9.54. The van der Waals surface area contributed by atoms with E-state index in [4.69, 9.17) is 9.15 Å².